The summed E-state index contributed by atoms with van der Waals surface area (Å²) in [6.45, 7) is 2.39. The molecule has 0 bridgehead atoms. The van der Waals surface area contributed by atoms with Crippen LogP contribution in [0.25, 0.3) is 0 Å². The topological polar surface area (TPSA) is 15.3 Å². The third kappa shape index (κ3) is 2.70. The highest BCUT2D eigenvalue weighted by atomic mass is 19.1. The maximum absolute atomic E-state index is 13.8. The molecule has 0 aromatic heterocycles. The molecule has 0 spiro atoms. The van der Waals surface area contributed by atoms with Crippen molar-refractivity contribution in [1.29, 1.82) is 0 Å². The first-order chi connectivity index (χ1) is 7.31. The highest BCUT2D eigenvalue weighted by Crippen LogP contribution is 2.27. The van der Waals surface area contributed by atoms with Crippen LogP contribution in [0.4, 0.5) is 4.39 Å². The molecule has 2 rings (SSSR count). The number of hydrogen-bond donors (Lipinski definition) is 1. The minimum absolute atomic E-state index is 0.103. The summed E-state index contributed by atoms with van der Waals surface area (Å²) in [4.78, 5) is 2.52. The summed E-state index contributed by atoms with van der Waals surface area (Å²) in [6, 6.07) is 0.621. The molecule has 2 nitrogen and oxygen atoms in total. The molecule has 0 aromatic rings. The van der Waals surface area contributed by atoms with Gasteiger partial charge in [0.1, 0.15) is 6.17 Å². The standard InChI is InChI=1S/C12H23FN2/c1-14-12-6-5-10(9-11(12)13)15-7-3-2-4-8-15/h10-12,14H,2-9H2,1H3. The van der Waals surface area contributed by atoms with Crippen molar-refractivity contribution >= 4 is 0 Å². The van der Waals surface area contributed by atoms with E-state index < -0.39 is 6.17 Å². The van der Waals surface area contributed by atoms with Crippen LogP contribution in [-0.4, -0.2) is 43.3 Å². The fraction of sp³-hybridized carbons (Fsp3) is 1.00. The number of rotatable bonds is 2. The van der Waals surface area contributed by atoms with Gasteiger partial charge in [0.15, 0.2) is 0 Å². The predicted octanol–water partition coefficient (Wildman–Crippen LogP) is 1.95. The van der Waals surface area contributed by atoms with Gasteiger partial charge in [-0.25, -0.2) is 4.39 Å². The minimum atomic E-state index is -0.643. The Morgan fingerprint density at radius 3 is 2.47 bits per heavy atom. The SMILES string of the molecule is CNC1CCC(N2CCCCC2)CC1F. The molecular formula is C12H23FN2. The zero-order valence-corrected chi connectivity index (χ0v) is 9.71. The molecule has 1 heterocycles. The average molecular weight is 214 g/mol. The van der Waals surface area contributed by atoms with E-state index in [9.17, 15) is 4.39 Å². The Balaban J connectivity index is 1.84. The number of nitrogens with zero attached hydrogens (tertiary/aromatic N) is 1. The summed E-state index contributed by atoms with van der Waals surface area (Å²) in [5, 5.41) is 3.08. The van der Waals surface area contributed by atoms with Crippen molar-refractivity contribution in [3.05, 3.63) is 0 Å². The zero-order chi connectivity index (χ0) is 10.7. The first-order valence-electron chi connectivity index (χ1n) is 6.36. The molecule has 88 valence electrons. The molecule has 15 heavy (non-hydrogen) atoms. The van der Waals surface area contributed by atoms with Gasteiger partial charge in [-0.1, -0.05) is 6.42 Å². The van der Waals surface area contributed by atoms with Crippen molar-refractivity contribution < 1.29 is 4.39 Å². The lowest BCUT2D eigenvalue weighted by molar-refractivity contribution is 0.0765. The summed E-state index contributed by atoms with van der Waals surface area (Å²) in [5.74, 6) is 0. The second-order valence-electron chi connectivity index (χ2n) is 4.97. The van der Waals surface area contributed by atoms with Crippen molar-refractivity contribution in [2.24, 2.45) is 0 Å². The first-order valence-corrected chi connectivity index (χ1v) is 6.36. The molecule has 2 fully saturated rings. The molecule has 0 radical (unpaired) electrons. The smallest absolute Gasteiger partial charge is 0.117 e. The average Bonchev–Trinajstić information content (AvgIpc) is 2.30. The number of piperidine rings is 1. The molecule has 1 aliphatic carbocycles. The Morgan fingerprint density at radius 2 is 1.87 bits per heavy atom. The Bertz CT molecular complexity index is 192. The van der Waals surface area contributed by atoms with E-state index in [-0.39, 0.29) is 6.04 Å². The summed E-state index contributed by atoms with van der Waals surface area (Å²) in [6.07, 6.45) is 6.25. The predicted molar refractivity (Wildman–Crippen MR) is 60.8 cm³/mol. The minimum Gasteiger partial charge on any atom is -0.314 e. The monoisotopic (exact) mass is 214 g/mol. The van der Waals surface area contributed by atoms with Gasteiger partial charge in [0, 0.05) is 12.1 Å². The second kappa shape index (κ2) is 5.26. The van der Waals surface area contributed by atoms with Crippen molar-refractivity contribution in [1.82, 2.24) is 10.2 Å². The van der Waals surface area contributed by atoms with Crippen LogP contribution in [0.1, 0.15) is 38.5 Å². The number of halogens is 1. The van der Waals surface area contributed by atoms with Crippen LogP contribution in [0.15, 0.2) is 0 Å². The number of hydrogen-bond acceptors (Lipinski definition) is 2. The Hall–Kier alpha value is -0.150. The van der Waals surface area contributed by atoms with Gasteiger partial charge in [-0.2, -0.15) is 0 Å². The normalized spacial score (nSPS) is 39.2. The van der Waals surface area contributed by atoms with Crippen LogP contribution in [-0.2, 0) is 0 Å². The number of alkyl halides is 1. The molecule has 1 N–H and O–H groups in total. The van der Waals surface area contributed by atoms with Crippen LogP contribution in [0.3, 0.4) is 0 Å². The van der Waals surface area contributed by atoms with E-state index in [1.54, 1.807) is 0 Å². The molecule has 3 heteroatoms. The fourth-order valence-corrected chi connectivity index (χ4v) is 3.04. The summed E-state index contributed by atoms with van der Waals surface area (Å²) in [5.41, 5.74) is 0. The van der Waals surface area contributed by atoms with E-state index in [0.717, 1.165) is 12.8 Å². The molecule has 1 aliphatic heterocycles. The largest absolute Gasteiger partial charge is 0.314 e. The maximum Gasteiger partial charge on any atom is 0.117 e. The van der Waals surface area contributed by atoms with E-state index in [0.29, 0.717) is 6.04 Å². The fourth-order valence-electron chi connectivity index (χ4n) is 3.04. The summed E-state index contributed by atoms with van der Waals surface area (Å²) >= 11 is 0. The number of likely N-dealkylation sites (tertiary alicyclic amines) is 1. The molecule has 1 saturated carbocycles. The third-order valence-corrected chi connectivity index (χ3v) is 4.02. The van der Waals surface area contributed by atoms with E-state index in [1.165, 1.54) is 38.8 Å². The first kappa shape index (κ1) is 11.3. The summed E-state index contributed by atoms with van der Waals surface area (Å²) in [7, 11) is 1.87. The number of nitrogens with one attached hydrogen (secondary N) is 1. The van der Waals surface area contributed by atoms with Gasteiger partial charge in [0.2, 0.25) is 0 Å². The molecule has 3 atom stereocenters. The van der Waals surface area contributed by atoms with E-state index in [4.69, 9.17) is 0 Å². The van der Waals surface area contributed by atoms with Crippen molar-refractivity contribution in [3.8, 4) is 0 Å². The lowest BCUT2D eigenvalue weighted by Crippen LogP contribution is -2.48. The molecule has 3 unspecified atom stereocenters. The zero-order valence-electron chi connectivity index (χ0n) is 9.71. The molecular weight excluding hydrogens is 191 g/mol. The Kier molecular flexibility index (Phi) is 3.98. The van der Waals surface area contributed by atoms with Crippen LogP contribution in [0.5, 0.6) is 0 Å². The van der Waals surface area contributed by atoms with Gasteiger partial charge in [-0.3, -0.25) is 0 Å². The van der Waals surface area contributed by atoms with Gasteiger partial charge < -0.3 is 10.2 Å². The van der Waals surface area contributed by atoms with E-state index in [1.807, 2.05) is 7.05 Å². The Morgan fingerprint density at radius 1 is 1.13 bits per heavy atom. The highest BCUT2D eigenvalue weighted by Gasteiger charge is 2.32. The van der Waals surface area contributed by atoms with Crippen LogP contribution >= 0.6 is 0 Å². The Labute approximate surface area is 92.2 Å². The second-order valence-corrected chi connectivity index (χ2v) is 4.97. The van der Waals surface area contributed by atoms with Gasteiger partial charge >= 0.3 is 0 Å². The lowest BCUT2D eigenvalue weighted by Gasteiger charge is -2.40. The molecule has 0 amide bonds. The van der Waals surface area contributed by atoms with Crippen molar-refractivity contribution in [2.75, 3.05) is 20.1 Å². The van der Waals surface area contributed by atoms with Crippen LogP contribution in [0, 0.1) is 0 Å². The van der Waals surface area contributed by atoms with Gasteiger partial charge in [-0.05, 0) is 52.2 Å². The molecule has 2 aliphatic rings. The lowest BCUT2D eigenvalue weighted by atomic mass is 9.88. The van der Waals surface area contributed by atoms with Crippen LogP contribution in [0.2, 0.25) is 0 Å². The van der Waals surface area contributed by atoms with E-state index >= 15 is 0 Å². The maximum atomic E-state index is 13.8. The summed E-state index contributed by atoms with van der Waals surface area (Å²) < 4.78 is 13.8. The van der Waals surface area contributed by atoms with Crippen molar-refractivity contribution in [2.45, 2.75) is 56.8 Å². The molecule has 1 saturated heterocycles. The third-order valence-electron chi connectivity index (χ3n) is 4.02. The molecule has 0 aromatic carbocycles. The van der Waals surface area contributed by atoms with E-state index in [2.05, 4.69) is 10.2 Å². The van der Waals surface area contributed by atoms with Crippen molar-refractivity contribution in [3.63, 3.8) is 0 Å². The van der Waals surface area contributed by atoms with Gasteiger partial charge in [0.25, 0.3) is 0 Å². The van der Waals surface area contributed by atoms with Crippen LogP contribution < -0.4 is 5.32 Å². The van der Waals surface area contributed by atoms with Gasteiger partial charge in [-0.15, -0.1) is 0 Å². The van der Waals surface area contributed by atoms with Gasteiger partial charge in [0.05, 0.1) is 0 Å². The quantitative estimate of drug-likeness (QED) is 0.756. The highest BCUT2D eigenvalue weighted by molar-refractivity contribution is 4.89.